The maximum Gasteiger partial charge on any atom is 0.243 e. The number of nitrogens with one attached hydrogen (secondary N) is 1. The van der Waals surface area contributed by atoms with Crippen molar-refractivity contribution in [1.82, 2.24) is 4.31 Å². The van der Waals surface area contributed by atoms with E-state index in [4.69, 9.17) is 4.74 Å². The molecule has 148 valence electrons. The van der Waals surface area contributed by atoms with Gasteiger partial charge in [0.1, 0.15) is 12.4 Å². The van der Waals surface area contributed by atoms with Gasteiger partial charge in [0.25, 0.3) is 0 Å². The largest absolute Gasteiger partial charge is 0.492 e. The van der Waals surface area contributed by atoms with Crippen LogP contribution in [0.5, 0.6) is 5.75 Å². The Morgan fingerprint density at radius 2 is 1.82 bits per heavy atom. The van der Waals surface area contributed by atoms with Gasteiger partial charge in [-0.05, 0) is 49.1 Å². The van der Waals surface area contributed by atoms with Crippen molar-refractivity contribution < 1.29 is 17.9 Å². The van der Waals surface area contributed by atoms with Crippen LogP contribution in [-0.4, -0.2) is 38.3 Å². The van der Waals surface area contributed by atoms with Crippen LogP contribution in [-0.2, 0) is 21.2 Å². The summed E-state index contributed by atoms with van der Waals surface area (Å²) in [5.74, 6) is 0.348. The number of hydrogen-bond donors (Lipinski definition) is 1. The number of benzene rings is 2. The van der Waals surface area contributed by atoms with Gasteiger partial charge in [0.05, 0.1) is 10.8 Å². The minimum Gasteiger partial charge on any atom is -0.492 e. The lowest BCUT2D eigenvalue weighted by atomic mass is 9.96. The van der Waals surface area contributed by atoms with Gasteiger partial charge in [-0.2, -0.15) is 4.31 Å². The Labute approximate surface area is 165 Å². The van der Waals surface area contributed by atoms with Crippen LogP contribution in [0.4, 0.5) is 5.69 Å². The molecule has 1 N–H and O–H groups in total. The fourth-order valence-corrected chi connectivity index (χ4v) is 5.29. The minimum atomic E-state index is -3.53. The molecular weight excluding hydrogens is 376 g/mol. The Morgan fingerprint density at radius 3 is 2.64 bits per heavy atom. The van der Waals surface area contributed by atoms with Crippen LogP contribution in [0, 0.1) is 5.92 Å². The van der Waals surface area contributed by atoms with E-state index in [1.165, 1.54) is 4.31 Å². The summed E-state index contributed by atoms with van der Waals surface area (Å²) in [6.45, 7) is 1.42. The summed E-state index contributed by atoms with van der Waals surface area (Å²) in [4.78, 5) is 12.9. The molecule has 28 heavy (non-hydrogen) atoms. The number of carbonyl (C=O) groups excluding carboxylic acids is 1. The molecule has 2 heterocycles. The molecule has 4 rings (SSSR count). The van der Waals surface area contributed by atoms with E-state index in [2.05, 4.69) is 5.32 Å². The molecule has 1 amide bonds. The summed E-state index contributed by atoms with van der Waals surface area (Å²) in [7, 11) is -3.53. The SMILES string of the molecule is O=C(Nc1cccc(S(=O)(=O)N2CCCCC2)c1)[C@@H]1COc2ccccc2C1. The highest BCUT2D eigenvalue weighted by atomic mass is 32.2. The summed E-state index contributed by atoms with van der Waals surface area (Å²) in [5.41, 5.74) is 1.50. The number of anilines is 1. The summed E-state index contributed by atoms with van der Waals surface area (Å²) in [6, 6.07) is 14.2. The molecule has 2 aliphatic rings. The number of hydrogen-bond acceptors (Lipinski definition) is 4. The van der Waals surface area contributed by atoms with Gasteiger partial charge in [0.15, 0.2) is 0 Å². The topological polar surface area (TPSA) is 75.7 Å². The van der Waals surface area contributed by atoms with Crippen LogP contribution < -0.4 is 10.1 Å². The van der Waals surface area contributed by atoms with Crippen molar-refractivity contribution in [3.05, 3.63) is 54.1 Å². The van der Waals surface area contributed by atoms with Crippen LogP contribution in [0.25, 0.3) is 0 Å². The number of sulfonamides is 1. The smallest absolute Gasteiger partial charge is 0.243 e. The molecule has 0 unspecified atom stereocenters. The van der Waals surface area contributed by atoms with Gasteiger partial charge in [-0.25, -0.2) is 8.42 Å². The summed E-state index contributed by atoms with van der Waals surface area (Å²) in [5, 5.41) is 2.86. The van der Waals surface area contributed by atoms with E-state index in [1.54, 1.807) is 24.3 Å². The number of piperidine rings is 1. The number of nitrogens with zero attached hydrogens (tertiary/aromatic N) is 1. The molecule has 7 heteroatoms. The number of carbonyl (C=O) groups is 1. The molecule has 0 aromatic heterocycles. The normalized spacial score (nSPS) is 20.1. The Kier molecular flexibility index (Phi) is 5.37. The van der Waals surface area contributed by atoms with Crippen LogP contribution in [0.2, 0.25) is 0 Å². The third kappa shape index (κ3) is 3.91. The second-order valence-electron chi connectivity index (χ2n) is 7.30. The predicted octanol–water partition coefficient (Wildman–Crippen LogP) is 3.05. The molecule has 0 radical (unpaired) electrons. The molecule has 2 aliphatic heterocycles. The summed E-state index contributed by atoms with van der Waals surface area (Å²) >= 11 is 0. The Morgan fingerprint density at radius 1 is 1.04 bits per heavy atom. The van der Waals surface area contributed by atoms with E-state index in [-0.39, 0.29) is 16.7 Å². The Hall–Kier alpha value is -2.38. The molecular formula is C21H24N2O4S. The molecule has 6 nitrogen and oxygen atoms in total. The van der Waals surface area contributed by atoms with E-state index < -0.39 is 10.0 Å². The first-order valence-corrected chi connectivity index (χ1v) is 11.1. The number of rotatable bonds is 4. The Balaban J connectivity index is 1.47. The minimum absolute atomic E-state index is 0.165. The highest BCUT2D eigenvalue weighted by Gasteiger charge is 2.28. The van der Waals surface area contributed by atoms with Gasteiger partial charge in [0.2, 0.25) is 15.9 Å². The molecule has 1 atom stereocenters. The van der Waals surface area contributed by atoms with E-state index in [0.29, 0.717) is 31.8 Å². The highest BCUT2D eigenvalue weighted by Crippen LogP contribution is 2.28. The zero-order valence-corrected chi connectivity index (χ0v) is 16.5. The van der Waals surface area contributed by atoms with E-state index >= 15 is 0 Å². The maximum atomic E-state index is 12.9. The number of fused-ring (bicyclic) bond motifs is 1. The van der Waals surface area contributed by atoms with Crippen molar-refractivity contribution in [2.45, 2.75) is 30.6 Å². The Bertz CT molecular complexity index is 968. The van der Waals surface area contributed by atoms with Crippen LogP contribution in [0.15, 0.2) is 53.4 Å². The standard InChI is InChI=1S/C21H24N2O4S/c24-21(17-13-16-7-2-3-10-20(16)27-15-17)22-18-8-6-9-19(14-18)28(25,26)23-11-4-1-5-12-23/h2-3,6-10,14,17H,1,4-5,11-13,15H2,(H,22,24)/t17-/m0/s1. The van der Waals surface area contributed by atoms with E-state index in [1.807, 2.05) is 24.3 Å². The lowest BCUT2D eigenvalue weighted by Gasteiger charge is -2.26. The molecule has 2 aromatic rings. The number of amides is 1. The van der Waals surface area contributed by atoms with Gasteiger partial charge < -0.3 is 10.1 Å². The molecule has 0 saturated carbocycles. The van der Waals surface area contributed by atoms with Crippen molar-refractivity contribution >= 4 is 21.6 Å². The average molecular weight is 401 g/mol. The first kappa shape index (κ1) is 19.0. The molecule has 1 saturated heterocycles. The molecule has 0 spiro atoms. The quantitative estimate of drug-likeness (QED) is 0.856. The maximum absolute atomic E-state index is 12.9. The van der Waals surface area contributed by atoms with Gasteiger partial charge in [0, 0.05) is 18.8 Å². The van der Waals surface area contributed by atoms with Crippen molar-refractivity contribution in [3.8, 4) is 5.75 Å². The zero-order chi connectivity index (χ0) is 19.6. The first-order valence-electron chi connectivity index (χ1n) is 9.66. The molecule has 0 bridgehead atoms. The van der Waals surface area contributed by atoms with Crippen molar-refractivity contribution in [2.24, 2.45) is 5.92 Å². The van der Waals surface area contributed by atoms with E-state index in [0.717, 1.165) is 30.6 Å². The van der Waals surface area contributed by atoms with Crippen molar-refractivity contribution in [3.63, 3.8) is 0 Å². The third-order valence-corrected chi connectivity index (χ3v) is 7.20. The highest BCUT2D eigenvalue weighted by molar-refractivity contribution is 7.89. The zero-order valence-electron chi connectivity index (χ0n) is 15.6. The monoisotopic (exact) mass is 400 g/mol. The second kappa shape index (κ2) is 7.93. The molecule has 2 aromatic carbocycles. The van der Waals surface area contributed by atoms with Crippen LogP contribution in [0.3, 0.4) is 0 Å². The number of para-hydroxylation sites is 1. The van der Waals surface area contributed by atoms with Crippen LogP contribution in [0.1, 0.15) is 24.8 Å². The third-order valence-electron chi connectivity index (χ3n) is 5.30. The van der Waals surface area contributed by atoms with Gasteiger partial charge in [-0.1, -0.05) is 30.7 Å². The lowest BCUT2D eigenvalue weighted by molar-refractivity contribution is -0.121. The average Bonchev–Trinajstić information content (AvgIpc) is 2.74. The van der Waals surface area contributed by atoms with E-state index in [9.17, 15) is 13.2 Å². The number of ether oxygens (including phenoxy) is 1. The fraction of sp³-hybridized carbons (Fsp3) is 0.381. The van der Waals surface area contributed by atoms with Crippen molar-refractivity contribution in [1.29, 1.82) is 0 Å². The van der Waals surface area contributed by atoms with Gasteiger partial charge in [-0.15, -0.1) is 0 Å². The van der Waals surface area contributed by atoms with Crippen LogP contribution >= 0.6 is 0 Å². The summed E-state index contributed by atoms with van der Waals surface area (Å²) in [6.07, 6.45) is 3.44. The summed E-state index contributed by atoms with van der Waals surface area (Å²) < 4.78 is 32.9. The molecule has 0 aliphatic carbocycles. The fourth-order valence-electron chi connectivity index (χ4n) is 3.73. The first-order chi connectivity index (χ1) is 13.5. The second-order valence-corrected chi connectivity index (χ2v) is 9.24. The molecule has 1 fully saturated rings. The predicted molar refractivity (Wildman–Crippen MR) is 107 cm³/mol. The van der Waals surface area contributed by atoms with Crippen molar-refractivity contribution in [2.75, 3.05) is 25.0 Å². The van der Waals surface area contributed by atoms with Gasteiger partial charge >= 0.3 is 0 Å². The van der Waals surface area contributed by atoms with Gasteiger partial charge in [-0.3, -0.25) is 4.79 Å². The lowest BCUT2D eigenvalue weighted by Crippen LogP contribution is -2.35.